The van der Waals surface area contributed by atoms with E-state index in [1.807, 2.05) is 23.1 Å². The molecule has 4 N–H and O–H groups in total. The minimum absolute atomic E-state index is 0.144. The summed E-state index contributed by atoms with van der Waals surface area (Å²) >= 11 is 0. The SMILES string of the molecule is COCC(=O)Nc1cc(F)ccc1N1CCC(NC(=O)C2(NC(=O)c3cc4ccccc4o3)CCCCC2)C(O)C1. The minimum atomic E-state index is -1.11. The number of aliphatic hydroxyl groups is 1. The molecule has 0 radical (unpaired) electrons. The van der Waals surface area contributed by atoms with E-state index in [0.29, 0.717) is 37.1 Å². The maximum atomic E-state index is 14.0. The van der Waals surface area contributed by atoms with Gasteiger partial charge in [-0.3, -0.25) is 14.4 Å². The van der Waals surface area contributed by atoms with Crippen molar-refractivity contribution in [3.8, 4) is 0 Å². The highest BCUT2D eigenvalue weighted by atomic mass is 19.1. The van der Waals surface area contributed by atoms with E-state index in [1.165, 1.54) is 19.2 Å². The van der Waals surface area contributed by atoms with Gasteiger partial charge in [0.15, 0.2) is 5.76 Å². The lowest BCUT2D eigenvalue weighted by atomic mass is 9.80. The summed E-state index contributed by atoms with van der Waals surface area (Å²) < 4.78 is 24.5. The van der Waals surface area contributed by atoms with Crippen LogP contribution >= 0.6 is 0 Å². The van der Waals surface area contributed by atoms with Crippen molar-refractivity contribution in [2.45, 2.75) is 56.2 Å². The van der Waals surface area contributed by atoms with Gasteiger partial charge in [-0.1, -0.05) is 37.5 Å². The Labute approximate surface area is 237 Å². The molecule has 2 aromatic carbocycles. The molecule has 10 nitrogen and oxygen atoms in total. The number of rotatable bonds is 8. The Kier molecular flexibility index (Phi) is 8.55. The fraction of sp³-hybridized carbons (Fsp3) is 0.433. The average Bonchev–Trinajstić information content (AvgIpc) is 3.40. The molecule has 0 bridgehead atoms. The van der Waals surface area contributed by atoms with Crippen molar-refractivity contribution in [2.24, 2.45) is 0 Å². The molecule has 2 unspecified atom stereocenters. The van der Waals surface area contributed by atoms with Crippen LogP contribution in [-0.4, -0.2) is 67.3 Å². The standard InChI is InChI=1S/C30H35FN4O6/c1-40-18-27(37)32-22-16-20(31)9-10-23(22)35-14-11-21(24(36)17-35)33-29(39)30(12-5-2-6-13-30)34-28(38)26-15-19-7-3-4-8-25(19)41-26/h3-4,7-10,15-16,21,24,36H,2,5-6,11-14,17-18H2,1H3,(H,32,37)(H,33,39)(H,34,38). The highest BCUT2D eigenvalue weighted by Gasteiger charge is 2.43. The molecule has 1 saturated heterocycles. The first-order valence-electron chi connectivity index (χ1n) is 13.9. The molecule has 2 aliphatic rings. The summed E-state index contributed by atoms with van der Waals surface area (Å²) in [6.45, 7) is 0.419. The second-order valence-electron chi connectivity index (χ2n) is 10.8. The van der Waals surface area contributed by atoms with Gasteiger partial charge in [0.1, 0.15) is 23.5 Å². The van der Waals surface area contributed by atoms with Crippen LogP contribution in [0.25, 0.3) is 11.0 Å². The number of nitrogens with zero attached hydrogens (tertiary/aromatic N) is 1. The van der Waals surface area contributed by atoms with E-state index in [0.717, 1.165) is 24.6 Å². The Morgan fingerprint density at radius 1 is 1.12 bits per heavy atom. The number of β-amino-alcohol motifs (C(OH)–C–C–N with tert-alkyl or cyclic N) is 1. The van der Waals surface area contributed by atoms with Crippen molar-refractivity contribution in [3.05, 3.63) is 60.1 Å². The zero-order chi connectivity index (χ0) is 29.0. The van der Waals surface area contributed by atoms with E-state index in [-0.39, 0.29) is 30.5 Å². The second-order valence-corrected chi connectivity index (χ2v) is 10.8. The van der Waals surface area contributed by atoms with Gasteiger partial charge in [0.05, 0.1) is 23.5 Å². The molecule has 2 atom stereocenters. The Morgan fingerprint density at radius 2 is 1.90 bits per heavy atom. The van der Waals surface area contributed by atoms with E-state index >= 15 is 0 Å². The van der Waals surface area contributed by atoms with E-state index in [4.69, 9.17) is 9.15 Å². The zero-order valence-electron chi connectivity index (χ0n) is 23.0. The topological polar surface area (TPSA) is 133 Å². The first-order valence-corrected chi connectivity index (χ1v) is 13.9. The van der Waals surface area contributed by atoms with E-state index < -0.39 is 35.3 Å². The molecule has 1 aliphatic carbocycles. The number of nitrogens with one attached hydrogen (secondary N) is 3. The number of carbonyl (C=O) groups is 3. The van der Waals surface area contributed by atoms with Gasteiger partial charge in [-0.15, -0.1) is 0 Å². The van der Waals surface area contributed by atoms with Crippen molar-refractivity contribution in [1.29, 1.82) is 0 Å². The second kappa shape index (κ2) is 12.3. The third-order valence-electron chi connectivity index (χ3n) is 7.89. The number of furan rings is 1. The van der Waals surface area contributed by atoms with Crippen LogP contribution < -0.4 is 20.9 Å². The molecule has 1 saturated carbocycles. The number of hydrogen-bond acceptors (Lipinski definition) is 7. The molecule has 2 heterocycles. The molecular formula is C30H35FN4O6. The van der Waals surface area contributed by atoms with Crippen molar-refractivity contribution in [3.63, 3.8) is 0 Å². The molecule has 1 aromatic heterocycles. The van der Waals surface area contributed by atoms with Gasteiger partial charge in [-0.25, -0.2) is 4.39 Å². The molecule has 2 fully saturated rings. The van der Waals surface area contributed by atoms with Gasteiger partial charge in [-0.05, 0) is 49.6 Å². The first-order chi connectivity index (χ1) is 19.8. The van der Waals surface area contributed by atoms with Crippen LogP contribution in [0.2, 0.25) is 0 Å². The number of para-hydroxylation sites is 1. The van der Waals surface area contributed by atoms with Gasteiger partial charge in [0, 0.05) is 25.6 Å². The van der Waals surface area contributed by atoms with Crippen LogP contribution in [0, 0.1) is 5.82 Å². The number of benzene rings is 2. The van der Waals surface area contributed by atoms with E-state index in [9.17, 15) is 23.9 Å². The maximum absolute atomic E-state index is 14.0. The van der Waals surface area contributed by atoms with Crippen LogP contribution in [0.3, 0.4) is 0 Å². The summed E-state index contributed by atoms with van der Waals surface area (Å²) in [5, 5.41) is 20.5. The first kappa shape index (κ1) is 28.6. The fourth-order valence-electron chi connectivity index (χ4n) is 5.76. The lowest BCUT2D eigenvalue weighted by Gasteiger charge is -2.41. The van der Waals surface area contributed by atoms with Crippen LogP contribution in [-0.2, 0) is 14.3 Å². The largest absolute Gasteiger partial charge is 0.451 e. The quantitative estimate of drug-likeness (QED) is 0.329. The third-order valence-corrected chi connectivity index (χ3v) is 7.89. The predicted octanol–water partition coefficient (Wildman–Crippen LogP) is 3.35. The summed E-state index contributed by atoms with van der Waals surface area (Å²) in [4.78, 5) is 40.9. The number of amides is 3. The van der Waals surface area contributed by atoms with Gasteiger partial charge < -0.3 is 35.1 Å². The molecule has 1 aliphatic heterocycles. The number of aliphatic hydroxyl groups excluding tert-OH is 1. The fourth-order valence-corrected chi connectivity index (χ4v) is 5.76. The molecule has 3 amide bonds. The number of piperidine rings is 1. The summed E-state index contributed by atoms with van der Waals surface area (Å²) in [5.41, 5.74) is 0.316. The minimum Gasteiger partial charge on any atom is -0.451 e. The van der Waals surface area contributed by atoms with Crippen molar-refractivity contribution >= 4 is 40.1 Å². The molecular weight excluding hydrogens is 531 g/mol. The number of hydrogen-bond donors (Lipinski definition) is 4. The molecule has 5 rings (SSSR count). The van der Waals surface area contributed by atoms with Crippen LogP contribution in [0.4, 0.5) is 15.8 Å². The van der Waals surface area contributed by atoms with Gasteiger partial charge in [0.25, 0.3) is 5.91 Å². The predicted molar refractivity (Wildman–Crippen MR) is 151 cm³/mol. The van der Waals surface area contributed by atoms with Crippen molar-refractivity contribution in [1.82, 2.24) is 10.6 Å². The van der Waals surface area contributed by atoms with Crippen LogP contribution in [0.1, 0.15) is 49.1 Å². The number of fused-ring (bicyclic) bond motifs is 1. The highest BCUT2D eigenvalue weighted by Crippen LogP contribution is 2.32. The van der Waals surface area contributed by atoms with Gasteiger partial charge in [0.2, 0.25) is 11.8 Å². The number of anilines is 2. The Bertz CT molecular complexity index is 1390. The molecule has 3 aromatic rings. The third kappa shape index (κ3) is 6.36. The highest BCUT2D eigenvalue weighted by molar-refractivity contribution is 6.00. The molecule has 41 heavy (non-hydrogen) atoms. The number of methoxy groups -OCH3 is 1. The average molecular weight is 567 g/mol. The Balaban J connectivity index is 1.26. The molecule has 11 heteroatoms. The van der Waals surface area contributed by atoms with Crippen LogP contribution in [0.15, 0.2) is 52.9 Å². The lowest BCUT2D eigenvalue weighted by molar-refractivity contribution is -0.130. The number of halogens is 1. The van der Waals surface area contributed by atoms with Crippen LogP contribution in [0.5, 0.6) is 0 Å². The normalized spacial score (nSPS) is 20.4. The van der Waals surface area contributed by atoms with E-state index in [1.54, 1.807) is 18.2 Å². The van der Waals surface area contributed by atoms with Crippen molar-refractivity contribution in [2.75, 3.05) is 37.0 Å². The lowest BCUT2D eigenvalue weighted by Crippen LogP contribution is -2.64. The summed E-state index contributed by atoms with van der Waals surface area (Å²) in [7, 11) is 1.39. The smallest absolute Gasteiger partial charge is 0.287 e. The van der Waals surface area contributed by atoms with E-state index in [2.05, 4.69) is 16.0 Å². The number of ether oxygens (including phenoxy) is 1. The summed E-state index contributed by atoms with van der Waals surface area (Å²) in [6, 6.07) is 12.5. The number of carbonyl (C=O) groups excluding carboxylic acids is 3. The monoisotopic (exact) mass is 566 g/mol. The Hall–Kier alpha value is -3.96. The zero-order valence-corrected chi connectivity index (χ0v) is 23.0. The maximum Gasteiger partial charge on any atom is 0.287 e. The Morgan fingerprint density at radius 3 is 2.63 bits per heavy atom. The van der Waals surface area contributed by atoms with Gasteiger partial charge in [-0.2, -0.15) is 0 Å². The summed E-state index contributed by atoms with van der Waals surface area (Å²) in [5.74, 6) is -1.57. The summed E-state index contributed by atoms with van der Waals surface area (Å²) in [6.07, 6.45) is 2.99. The van der Waals surface area contributed by atoms with Gasteiger partial charge >= 0.3 is 0 Å². The molecule has 0 spiro atoms. The molecule has 218 valence electrons. The van der Waals surface area contributed by atoms with Crippen molar-refractivity contribution < 1.29 is 33.0 Å².